The zero-order valence-electron chi connectivity index (χ0n) is 67.6. The predicted molar refractivity (Wildman–Crippen MR) is 487 cm³/mol. The van der Waals surface area contributed by atoms with E-state index < -0.39 is 85.5 Å². The second kappa shape index (κ2) is 38.0. The molecule has 0 saturated carbocycles. The van der Waals surface area contributed by atoms with Gasteiger partial charge < -0.3 is 9.97 Å². The van der Waals surface area contributed by atoms with Crippen molar-refractivity contribution in [2.45, 2.75) is 125 Å². The van der Waals surface area contributed by atoms with Crippen LogP contribution in [0.4, 0.5) is 17.6 Å². The maximum absolute atomic E-state index is 14.3. The van der Waals surface area contributed by atoms with Crippen LogP contribution in [0.3, 0.4) is 0 Å². The zero-order chi connectivity index (χ0) is 91.6. The third kappa shape index (κ3) is 23.0. The summed E-state index contributed by atoms with van der Waals surface area (Å²) in [4.78, 5) is 48.0. The summed E-state index contributed by atoms with van der Waals surface area (Å²) in [5, 5.41) is 21.8. The van der Waals surface area contributed by atoms with Crippen LogP contribution in [0.2, 0.25) is 10.0 Å². The number of rotatable bonds is 14. The molecule has 648 valence electrons. The quantitative estimate of drug-likeness (QED) is 0.0435. The minimum Gasteiger partial charge on any atom is -0.352 e. The van der Waals surface area contributed by atoms with Crippen LogP contribution in [-0.4, -0.2) is 125 Å². The molecule has 11 aromatic heterocycles. The molecule has 0 saturated heterocycles. The Bertz CT molecular complexity index is 7190. The summed E-state index contributed by atoms with van der Waals surface area (Å²) in [5.74, 6) is -1.34. The summed E-state index contributed by atoms with van der Waals surface area (Å²) in [6, 6.07) is 32.5. The van der Waals surface area contributed by atoms with Gasteiger partial charge in [0.15, 0.2) is 4.73 Å². The van der Waals surface area contributed by atoms with E-state index in [2.05, 4.69) is 170 Å². The minimum atomic E-state index is -3.80. The number of H-pyrrole nitrogens is 2. The van der Waals surface area contributed by atoms with Gasteiger partial charge in [-0.1, -0.05) is 23.2 Å². The van der Waals surface area contributed by atoms with E-state index in [-0.39, 0.29) is 55.1 Å². The average Bonchev–Trinajstić information content (AvgIpc) is 1.59. The molecule has 0 fully saturated rings. The molecule has 28 nitrogen and oxygen atoms in total. The molecule has 125 heavy (non-hydrogen) atoms. The van der Waals surface area contributed by atoms with E-state index in [4.69, 9.17) is 23.2 Å². The van der Waals surface area contributed by atoms with Gasteiger partial charge in [-0.25, -0.2) is 100 Å². The Balaban J connectivity index is 0.000000158. The Labute approximate surface area is 767 Å². The molecule has 15 rings (SSSR count). The molecular weight excluding hydrogens is 2070 g/mol. The molecular formula is C82H71Br5Cl2F4N20O8S4. The van der Waals surface area contributed by atoms with Crippen LogP contribution in [0.5, 0.6) is 0 Å². The van der Waals surface area contributed by atoms with E-state index in [9.17, 15) is 61.8 Å². The molecule has 0 atom stereocenters. The van der Waals surface area contributed by atoms with Crippen LogP contribution in [0.15, 0.2) is 219 Å². The van der Waals surface area contributed by atoms with E-state index in [0.717, 1.165) is 0 Å². The van der Waals surface area contributed by atoms with Crippen LogP contribution in [0, 0.1) is 45.9 Å². The van der Waals surface area contributed by atoms with E-state index in [0.29, 0.717) is 109 Å². The van der Waals surface area contributed by atoms with Crippen molar-refractivity contribution >= 4 is 187 Å². The Morgan fingerprint density at radius 3 is 1.02 bits per heavy atom. The summed E-state index contributed by atoms with van der Waals surface area (Å²) in [7, 11) is -14.9. The number of nitrogens with zero attached hydrogens (tertiary/aromatic N) is 14. The molecule has 0 aliphatic carbocycles. The summed E-state index contributed by atoms with van der Waals surface area (Å²) >= 11 is 28.7. The van der Waals surface area contributed by atoms with Gasteiger partial charge in [0.1, 0.15) is 55.0 Å². The average molecular weight is 2140 g/mol. The number of hydrogen-bond donors (Lipinski definition) is 6. The van der Waals surface area contributed by atoms with E-state index in [1.165, 1.54) is 91.5 Å². The molecule has 0 aliphatic heterocycles. The monoisotopic (exact) mass is 2130 g/mol. The Morgan fingerprint density at radius 1 is 0.368 bits per heavy atom. The van der Waals surface area contributed by atoms with Gasteiger partial charge in [0.2, 0.25) is 52.0 Å². The summed E-state index contributed by atoms with van der Waals surface area (Å²) < 4.78 is 171. The van der Waals surface area contributed by atoms with E-state index >= 15 is 0 Å². The van der Waals surface area contributed by atoms with E-state index in [1.54, 1.807) is 178 Å². The lowest BCUT2D eigenvalue weighted by Gasteiger charge is -2.20. The highest BCUT2D eigenvalue weighted by Crippen LogP contribution is 2.43. The number of nitriles is 2. The van der Waals surface area contributed by atoms with Crippen LogP contribution >= 0.6 is 103 Å². The van der Waals surface area contributed by atoms with Gasteiger partial charge in [0.05, 0.1) is 95.6 Å². The third-order valence-corrected chi connectivity index (χ3v) is 27.4. The van der Waals surface area contributed by atoms with Crippen molar-refractivity contribution in [2.75, 3.05) is 0 Å². The molecule has 0 unspecified atom stereocenters. The summed E-state index contributed by atoms with van der Waals surface area (Å²) in [5.41, 5.74) is 3.31. The fourth-order valence-corrected chi connectivity index (χ4v) is 19.7. The summed E-state index contributed by atoms with van der Waals surface area (Å²) in [6.07, 6.45) is 14.6. The molecule has 0 aliphatic rings. The molecule has 0 radical (unpaired) electrons. The van der Waals surface area contributed by atoms with Gasteiger partial charge in [-0.3, -0.25) is 29.1 Å². The van der Waals surface area contributed by atoms with Crippen molar-refractivity contribution in [3.8, 4) is 69.6 Å². The van der Waals surface area contributed by atoms with Crippen molar-refractivity contribution in [3.05, 3.63) is 244 Å². The van der Waals surface area contributed by atoms with Gasteiger partial charge in [-0.2, -0.15) is 10.5 Å². The number of aromatic nitrogens is 14. The fraction of sp³-hybridized carbons (Fsp3) is 0.195. The summed E-state index contributed by atoms with van der Waals surface area (Å²) in [6.45, 7) is 21.0. The van der Waals surface area contributed by atoms with Crippen LogP contribution < -0.4 is 18.9 Å². The lowest BCUT2D eigenvalue weighted by molar-refractivity contribution is 0.489. The topological polar surface area (TPSA) is 403 Å². The van der Waals surface area contributed by atoms with E-state index in [1.807, 2.05) is 0 Å². The van der Waals surface area contributed by atoms with Crippen molar-refractivity contribution in [2.24, 2.45) is 0 Å². The maximum atomic E-state index is 14.3. The molecule has 0 bridgehead atoms. The van der Waals surface area contributed by atoms with Crippen molar-refractivity contribution in [1.29, 1.82) is 10.5 Å². The van der Waals surface area contributed by atoms with Gasteiger partial charge in [-0.05, 0) is 278 Å². The standard InChI is InChI=1S/C22H18BrFN6O2S.C21H18BrClFN5O2S.C18H16BrFN4O2S.C17H16BrClFN3O2S.C4H3BrN2/c1-22(2,3)29-33(31,32)13-5-6-18(28-12-13)20-15(11-25)14-9-17(24)16(23)10-19(14)30(20)21-26-7-4-8-27-21;1-21(2,3)28-32(30,31)12-5-6-16(27-11-12)19-18(23)13-9-15(24)14(22)10-17(13)29(19)20-25-7-4-8-26-20;1-18(2,3)24-27(25,26)10-4-5-15(22-9-10)17-12(8-21)11-6-14(20)13(19)7-16(11)23-17;1-17(2,3)23-26(24,25)9-4-5-13(21-8-9)16-15(19)10-6-12(20)11(18)7-14(10)22-16;5-4-6-2-1-3-7-4/h4-10,12,29H,1-3H3;4-11,28H,1-3H3;4-7,9,23-24H,1-3H3;4-8,22-23H,1-3H3;1-3H. The van der Waals surface area contributed by atoms with Crippen LogP contribution in [0.25, 0.3) is 101 Å². The SMILES string of the molecule is Brc1ncccn1.CC(C)(C)NS(=O)(=O)c1ccc(-c2[nH]c3cc(Br)c(F)cc3c2C#N)nc1.CC(C)(C)NS(=O)(=O)c1ccc(-c2[nH]c3cc(Br)c(F)cc3c2Cl)nc1.CC(C)(C)NS(=O)(=O)c1ccc(-c2c(C#N)c3cc(F)c(Br)cc3n2-c2ncccn2)nc1.CC(C)(C)NS(=O)(=O)c1ccc(-c2c(Cl)c3cc(F)c(Br)cc3n2-c2ncccn2)nc1. The van der Waals surface area contributed by atoms with Crippen molar-refractivity contribution < 1.29 is 51.2 Å². The number of hydrogen-bond acceptors (Lipinski definition) is 20. The number of pyridine rings is 4. The first-order valence-electron chi connectivity index (χ1n) is 36.6. The number of halogens is 11. The molecule has 11 heterocycles. The van der Waals surface area contributed by atoms with Crippen molar-refractivity contribution in [3.63, 3.8) is 0 Å². The van der Waals surface area contributed by atoms with Gasteiger partial charge >= 0.3 is 0 Å². The fourth-order valence-electron chi connectivity index (χ4n) is 12.0. The highest BCUT2D eigenvalue weighted by Gasteiger charge is 2.31. The molecule has 0 amide bonds. The number of aromatic amines is 2. The van der Waals surface area contributed by atoms with Gasteiger partial charge in [0.25, 0.3) is 0 Å². The Hall–Kier alpha value is -9.80. The molecule has 15 aromatic rings. The first-order valence-corrected chi connectivity index (χ1v) is 47.2. The smallest absolute Gasteiger partial charge is 0.242 e. The zero-order valence-corrected chi connectivity index (χ0v) is 80.3. The maximum Gasteiger partial charge on any atom is 0.242 e. The predicted octanol–water partition coefficient (Wildman–Crippen LogP) is 19.6. The highest BCUT2D eigenvalue weighted by molar-refractivity contribution is 9.11. The first kappa shape index (κ1) is 95.8. The number of fused-ring (bicyclic) bond motifs is 4. The normalized spacial score (nSPS) is 12.2. The third-order valence-electron chi connectivity index (χ3n) is 16.8. The Kier molecular flexibility index (Phi) is 29.1. The molecule has 4 aromatic carbocycles. The number of nitrogens with one attached hydrogen (secondary N) is 6. The lowest BCUT2D eigenvalue weighted by atomic mass is 10.1. The second-order valence-electron chi connectivity index (χ2n) is 31.2. The van der Waals surface area contributed by atoms with Crippen LogP contribution in [0.1, 0.15) is 94.2 Å². The number of sulfonamides is 4. The highest BCUT2D eigenvalue weighted by atomic mass is 79.9. The molecule has 6 N–H and O–H groups in total. The van der Waals surface area contributed by atoms with Crippen molar-refractivity contribution in [1.82, 2.24) is 87.8 Å². The van der Waals surface area contributed by atoms with Gasteiger partial charge in [-0.15, -0.1) is 0 Å². The lowest BCUT2D eigenvalue weighted by Crippen LogP contribution is -2.40. The minimum absolute atomic E-state index is 0.0136. The second-order valence-corrected chi connectivity index (χ2v) is 42.8. The first-order chi connectivity index (χ1) is 58.4. The molecule has 43 heteroatoms. The molecule has 0 spiro atoms. The largest absolute Gasteiger partial charge is 0.352 e. The van der Waals surface area contributed by atoms with Gasteiger partial charge in [0, 0.05) is 117 Å². The number of benzene rings is 4. The Morgan fingerprint density at radius 2 is 0.672 bits per heavy atom. The van der Waals surface area contributed by atoms with Crippen LogP contribution in [-0.2, 0) is 40.1 Å².